The van der Waals surface area contributed by atoms with Gasteiger partial charge in [0.05, 0.1) is 0 Å². The molecule has 0 spiro atoms. The van der Waals surface area contributed by atoms with Crippen molar-refractivity contribution in [3.63, 3.8) is 0 Å². The van der Waals surface area contributed by atoms with Crippen molar-refractivity contribution in [3.05, 3.63) is 50.0 Å². The molecule has 3 aromatic rings. The molecule has 0 aliphatic carbocycles. The summed E-state index contributed by atoms with van der Waals surface area (Å²) >= 11 is 1.35. The number of amides is 1. The fraction of sp³-hybridized carbons (Fsp3) is 0.471. The first-order valence-corrected chi connectivity index (χ1v) is 9.77. The topological polar surface area (TPSA) is 94.5 Å². The number of likely N-dealkylation sites (tertiary alicyclic amines) is 1. The number of piperidine rings is 1. The molecule has 1 fully saturated rings. The predicted octanol–water partition coefficient (Wildman–Crippen LogP) is 0.691. The molecule has 10 heteroatoms. The fourth-order valence-corrected chi connectivity index (χ4v) is 4.28. The highest BCUT2D eigenvalue weighted by molar-refractivity contribution is 7.15. The number of rotatable bonds is 3. The fourth-order valence-electron chi connectivity index (χ4n) is 3.60. The van der Waals surface area contributed by atoms with Crippen LogP contribution in [0.3, 0.4) is 0 Å². The van der Waals surface area contributed by atoms with Gasteiger partial charge >= 0.3 is 5.69 Å². The van der Waals surface area contributed by atoms with E-state index in [1.807, 2.05) is 6.92 Å². The number of fused-ring (bicyclic) bond motifs is 1. The third-order valence-corrected chi connectivity index (χ3v) is 5.84. The second-order valence-electron chi connectivity index (χ2n) is 6.61. The molecule has 1 aliphatic heterocycles. The van der Waals surface area contributed by atoms with Crippen molar-refractivity contribution < 1.29 is 4.79 Å². The number of hydrogen-bond acceptors (Lipinski definition) is 6. The van der Waals surface area contributed by atoms with Crippen molar-refractivity contribution in [2.45, 2.75) is 32.2 Å². The largest absolute Gasteiger partial charge is 0.345 e. The predicted molar refractivity (Wildman–Crippen MR) is 100 cm³/mol. The number of hydrogen-bond donors (Lipinski definition) is 0. The van der Waals surface area contributed by atoms with Gasteiger partial charge in [-0.1, -0.05) is 0 Å². The molecular formula is C17H20N6O3S. The number of thiazole rings is 1. The summed E-state index contributed by atoms with van der Waals surface area (Å²) in [5, 5.41) is 6.14. The summed E-state index contributed by atoms with van der Waals surface area (Å²) in [5.41, 5.74) is -0.361. The van der Waals surface area contributed by atoms with Gasteiger partial charge < -0.3 is 4.90 Å². The van der Waals surface area contributed by atoms with E-state index >= 15 is 0 Å². The van der Waals surface area contributed by atoms with E-state index in [1.165, 1.54) is 26.6 Å². The van der Waals surface area contributed by atoms with Gasteiger partial charge in [0, 0.05) is 50.4 Å². The van der Waals surface area contributed by atoms with Crippen molar-refractivity contribution in [3.8, 4) is 0 Å². The van der Waals surface area contributed by atoms with Crippen molar-refractivity contribution in [1.82, 2.24) is 28.6 Å². The lowest BCUT2D eigenvalue weighted by Crippen LogP contribution is -2.41. The van der Waals surface area contributed by atoms with Gasteiger partial charge in [0.25, 0.3) is 11.5 Å². The second-order valence-corrected chi connectivity index (χ2v) is 7.48. The van der Waals surface area contributed by atoms with Crippen LogP contribution in [-0.4, -0.2) is 47.6 Å². The van der Waals surface area contributed by atoms with Crippen LogP contribution in [0.5, 0.6) is 0 Å². The first-order chi connectivity index (χ1) is 13.0. The highest BCUT2D eigenvalue weighted by atomic mass is 32.1. The molecule has 0 atom stereocenters. The number of nitrogens with zero attached hydrogens (tertiary/aromatic N) is 6. The SMILES string of the molecule is CCn1c(C2CCN(C(=O)c3cnc4sccn4c3=O)CC2)nn(C)c1=O. The van der Waals surface area contributed by atoms with E-state index in [0.29, 0.717) is 37.4 Å². The maximum absolute atomic E-state index is 12.8. The van der Waals surface area contributed by atoms with E-state index in [0.717, 1.165) is 5.82 Å². The lowest BCUT2D eigenvalue weighted by atomic mass is 9.95. The third kappa shape index (κ3) is 2.89. The van der Waals surface area contributed by atoms with Gasteiger partial charge in [-0.2, -0.15) is 5.10 Å². The zero-order valence-corrected chi connectivity index (χ0v) is 16.0. The van der Waals surface area contributed by atoms with Crippen LogP contribution >= 0.6 is 11.3 Å². The van der Waals surface area contributed by atoms with Gasteiger partial charge in [-0.3, -0.25) is 18.6 Å². The summed E-state index contributed by atoms with van der Waals surface area (Å²) in [6.45, 7) is 3.53. The Balaban J connectivity index is 1.53. The molecule has 4 rings (SSSR count). The summed E-state index contributed by atoms with van der Waals surface area (Å²) in [6, 6.07) is 0. The summed E-state index contributed by atoms with van der Waals surface area (Å²) in [4.78, 5) is 43.9. The highest BCUT2D eigenvalue weighted by Gasteiger charge is 2.29. The Bertz CT molecular complexity index is 1120. The standard InChI is InChI=1S/C17H20N6O3S/c1-3-22-13(19-20(2)17(22)26)11-4-6-21(7-5-11)14(24)12-10-18-16-23(15(12)25)8-9-27-16/h8-11H,3-7H2,1-2H3. The van der Waals surface area contributed by atoms with Crippen molar-refractivity contribution >= 4 is 22.2 Å². The first kappa shape index (κ1) is 17.7. The normalized spacial score (nSPS) is 15.6. The maximum Gasteiger partial charge on any atom is 0.345 e. The Hall–Kier alpha value is -2.75. The average molecular weight is 388 g/mol. The summed E-state index contributed by atoms with van der Waals surface area (Å²) in [6.07, 6.45) is 4.41. The molecule has 1 saturated heterocycles. The Labute approximate surface area is 158 Å². The zero-order chi connectivity index (χ0) is 19.1. The Morgan fingerprint density at radius 2 is 2.04 bits per heavy atom. The second kappa shape index (κ2) is 6.76. The number of carbonyl (C=O) groups excluding carboxylic acids is 1. The van der Waals surface area contributed by atoms with E-state index in [9.17, 15) is 14.4 Å². The molecule has 142 valence electrons. The lowest BCUT2D eigenvalue weighted by molar-refractivity contribution is 0.0707. The van der Waals surface area contributed by atoms with Crippen LogP contribution < -0.4 is 11.2 Å². The van der Waals surface area contributed by atoms with Crippen LogP contribution in [0.4, 0.5) is 0 Å². The van der Waals surface area contributed by atoms with E-state index in [4.69, 9.17) is 0 Å². The van der Waals surface area contributed by atoms with E-state index in [-0.39, 0.29) is 28.6 Å². The molecule has 27 heavy (non-hydrogen) atoms. The molecule has 0 N–H and O–H groups in total. The molecule has 3 aromatic heterocycles. The summed E-state index contributed by atoms with van der Waals surface area (Å²) in [7, 11) is 1.65. The monoisotopic (exact) mass is 388 g/mol. The summed E-state index contributed by atoms with van der Waals surface area (Å²) in [5.74, 6) is 0.612. The smallest absolute Gasteiger partial charge is 0.338 e. The zero-order valence-electron chi connectivity index (χ0n) is 15.2. The lowest BCUT2D eigenvalue weighted by Gasteiger charge is -2.31. The first-order valence-electron chi connectivity index (χ1n) is 8.89. The third-order valence-electron chi connectivity index (χ3n) is 5.07. The number of aryl methyl sites for hydroxylation is 1. The van der Waals surface area contributed by atoms with Gasteiger partial charge in [0.2, 0.25) is 0 Å². The maximum atomic E-state index is 12.8. The van der Waals surface area contributed by atoms with Crippen molar-refractivity contribution in [2.24, 2.45) is 7.05 Å². The van der Waals surface area contributed by atoms with Crippen molar-refractivity contribution in [1.29, 1.82) is 0 Å². The molecule has 4 heterocycles. The van der Waals surface area contributed by atoms with Gasteiger partial charge in [-0.15, -0.1) is 11.3 Å². The molecule has 0 saturated carbocycles. The van der Waals surface area contributed by atoms with Gasteiger partial charge in [0.1, 0.15) is 11.4 Å². The molecule has 1 amide bonds. The Morgan fingerprint density at radius 1 is 1.30 bits per heavy atom. The van der Waals surface area contributed by atoms with Crippen LogP contribution in [0.15, 0.2) is 27.4 Å². The van der Waals surface area contributed by atoms with Gasteiger partial charge in [-0.25, -0.2) is 14.5 Å². The molecule has 0 unspecified atom stereocenters. The minimum absolute atomic E-state index is 0.0904. The van der Waals surface area contributed by atoms with Gasteiger partial charge in [-0.05, 0) is 19.8 Å². The van der Waals surface area contributed by atoms with Crippen LogP contribution in [0.25, 0.3) is 4.96 Å². The van der Waals surface area contributed by atoms with Crippen LogP contribution in [-0.2, 0) is 13.6 Å². The highest BCUT2D eigenvalue weighted by Crippen LogP contribution is 2.26. The Kier molecular flexibility index (Phi) is 4.42. The molecule has 9 nitrogen and oxygen atoms in total. The van der Waals surface area contributed by atoms with Crippen LogP contribution in [0.2, 0.25) is 0 Å². The van der Waals surface area contributed by atoms with E-state index < -0.39 is 0 Å². The molecule has 1 aliphatic rings. The van der Waals surface area contributed by atoms with Crippen LogP contribution in [0, 0.1) is 0 Å². The molecule has 0 aromatic carbocycles. The minimum atomic E-state index is -0.335. The summed E-state index contributed by atoms with van der Waals surface area (Å²) < 4.78 is 4.44. The number of aromatic nitrogens is 5. The minimum Gasteiger partial charge on any atom is -0.338 e. The van der Waals surface area contributed by atoms with E-state index in [2.05, 4.69) is 10.1 Å². The van der Waals surface area contributed by atoms with Gasteiger partial charge in [0.15, 0.2) is 4.96 Å². The molecule has 0 radical (unpaired) electrons. The number of carbonyl (C=O) groups is 1. The van der Waals surface area contributed by atoms with Crippen LogP contribution in [0.1, 0.15) is 41.9 Å². The van der Waals surface area contributed by atoms with E-state index in [1.54, 1.807) is 28.1 Å². The Morgan fingerprint density at radius 3 is 2.74 bits per heavy atom. The molecule has 0 bridgehead atoms. The van der Waals surface area contributed by atoms with Crippen molar-refractivity contribution in [2.75, 3.05) is 13.1 Å². The molecular weight excluding hydrogens is 368 g/mol. The average Bonchev–Trinajstić information content (AvgIpc) is 3.27. The quantitative estimate of drug-likeness (QED) is 0.658.